The van der Waals surface area contributed by atoms with Crippen LogP contribution in [0.25, 0.3) is 0 Å². The van der Waals surface area contributed by atoms with Gasteiger partial charge >= 0.3 is 12.1 Å². The Labute approximate surface area is 259 Å². The van der Waals surface area contributed by atoms with Crippen molar-refractivity contribution >= 4 is 65.4 Å². The third-order valence-electron chi connectivity index (χ3n) is 5.07. The number of carbonyl (C=O) groups is 2. The van der Waals surface area contributed by atoms with Gasteiger partial charge in [-0.25, -0.2) is 4.79 Å². The van der Waals surface area contributed by atoms with E-state index in [-0.39, 0.29) is 18.7 Å². The molecule has 0 heterocycles. The summed E-state index contributed by atoms with van der Waals surface area (Å²) in [6.07, 6.45) is -5.07. The lowest BCUT2D eigenvalue weighted by molar-refractivity contribution is -0.192. The Bertz CT molecular complexity index is 1190. The van der Waals surface area contributed by atoms with Crippen LogP contribution < -0.4 is 14.8 Å². The van der Waals surface area contributed by atoms with E-state index in [1.807, 2.05) is 14.1 Å². The SMILES string of the molecule is COc1ccc(C/C(=N\O)C(=O)NC[C@@H](O)c2cc(Br)c(OCCCN(C)C)c(Br)c2)cc1Br.O=C(O)C(F)(F)F. The normalized spacial score (nSPS) is 12.3. The third kappa shape index (κ3) is 13.0. The molecule has 228 valence electrons. The van der Waals surface area contributed by atoms with Gasteiger partial charge in [-0.2, -0.15) is 13.2 Å². The molecule has 0 fully saturated rings. The number of rotatable bonds is 12. The van der Waals surface area contributed by atoms with Crippen molar-refractivity contribution in [3.63, 3.8) is 0 Å². The van der Waals surface area contributed by atoms with Crippen LogP contribution in [0, 0.1) is 0 Å². The van der Waals surface area contributed by atoms with Gasteiger partial charge in [0.25, 0.3) is 5.91 Å². The fourth-order valence-corrected chi connectivity index (χ4v) is 5.09. The number of benzene rings is 2. The maximum atomic E-state index is 12.5. The average molecular weight is 780 g/mol. The third-order valence-corrected chi connectivity index (χ3v) is 6.87. The first-order valence-electron chi connectivity index (χ1n) is 11.7. The van der Waals surface area contributed by atoms with E-state index in [2.05, 4.69) is 63.2 Å². The van der Waals surface area contributed by atoms with Gasteiger partial charge in [-0.05, 0) is 104 Å². The largest absolute Gasteiger partial charge is 0.496 e. The number of ether oxygens (including phenoxy) is 2. The Morgan fingerprint density at radius 1 is 1.10 bits per heavy atom. The minimum Gasteiger partial charge on any atom is -0.496 e. The highest BCUT2D eigenvalue weighted by molar-refractivity contribution is 9.11. The van der Waals surface area contributed by atoms with Crippen molar-refractivity contribution in [2.75, 3.05) is 40.9 Å². The number of carboxylic acid groups (broad SMARTS) is 1. The molecule has 16 heteroatoms. The van der Waals surface area contributed by atoms with Gasteiger partial charge in [-0.15, -0.1) is 0 Å². The number of hydrogen-bond donors (Lipinski definition) is 4. The smallest absolute Gasteiger partial charge is 0.490 e. The fourth-order valence-electron chi connectivity index (χ4n) is 3.05. The van der Waals surface area contributed by atoms with Crippen LogP contribution >= 0.6 is 47.8 Å². The van der Waals surface area contributed by atoms with Crippen LogP contribution in [0.15, 0.2) is 48.9 Å². The number of aliphatic carboxylic acids is 1. The lowest BCUT2D eigenvalue weighted by atomic mass is 10.1. The van der Waals surface area contributed by atoms with Gasteiger partial charge in [0.05, 0.1) is 33.2 Å². The first-order valence-corrected chi connectivity index (χ1v) is 14.0. The van der Waals surface area contributed by atoms with Crippen molar-refractivity contribution in [1.29, 1.82) is 0 Å². The first kappa shape index (κ1) is 36.6. The van der Waals surface area contributed by atoms with Gasteiger partial charge in [0, 0.05) is 19.5 Å². The summed E-state index contributed by atoms with van der Waals surface area (Å²) in [4.78, 5) is 23.5. The number of alkyl halides is 3. The number of amides is 1. The van der Waals surface area contributed by atoms with Crippen LogP contribution in [0.3, 0.4) is 0 Å². The van der Waals surface area contributed by atoms with Gasteiger partial charge in [-0.1, -0.05) is 11.2 Å². The molecule has 4 N–H and O–H groups in total. The highest BCUT2D eigenvalue weighted by atomic mass is 79.9. The molecule has 0 radical (unpaired) electrons. The summed E-state index contributed by atoms with van der Waals surface area (Å²) in [6.45, 7) is 1.41. The van der Waals surface area contributed by atoms with Crippen LogP contribution in [-0.2, 0) is 16.0 Å². The number of nitrogens with one attached hydrogen (secondary N) is 1. The van der Waals surface area contributed by atoms with E-state index in [0.717, 1.165) is 23.0 Å². The lowest BCUT2D eigenvalue weighted by Gasteiger charge is -2.17. The second-order valence-corrected chi connectivity index (χ2v) is 11.1. The monoisotopic (exact) mass is 777 g/mol. The van der Waals surface area contributed by atoms with Gasteiger partial charge in [0.1, 0.15) is 17.2 Å². The molecular formula is C25H29Br3F3N3O7. The summed E-state index contributed by atoms with van der Waals surface area (Å²) >= 11 is 10.4. The second-order valence-electron chi connectivity index (χ2n) is 8.54. The average Bonchev–Trinajstić information content (AvgIpc) is 2.88. The predicted molar refractivity (Wildman–Crippen MR) is 156 cm³/mol. The Hall–Kier alpha value is -2.40. The summed E-state index contributed by atoms with van der Waals surface area (Å²) in [6, 6.07) is 8.81. The minimum atomic E-state index is -5.08. The molecule has 0 unspecified atom stereocenters. The topological polar surface area (TPSA) is 141 Å². The van der Waals surface area contributed by atoms with Gasteiger partial charge in [-0.3, -0.25) is 4.79 Å². The maximum absolute atomic E-state index is 12.5. The molecule has 1 atom stereocenters. The number of carbonyl (C=O) groups excluding carboxylic acids is 1. The summed E-state index contributed by atoms with van der Waals surface area (Å²) in [5, 5.41) is 32.8. The molecule has 1 amide bonds. The fraction of sp³-hybridized carbons (Fsp3) is 0.400. The standard InChI is InChI=1S/C23H28Br3N3O5.C2HF3O2/c1-29(2)7-4-8-34-22-17(25)11-15(12-18(22)26)20(30)13-27-23(31)19(28-32)10-14-5-6-21(33-3)16(24)9-14;3-2(4,5)1(6)7/h5-6,9,11-12,20,30,32H,4,7-8,10,13H2,1-3H3,(H,27,31);(H,6,7)/b28-19+;/t20-;/m1./s1. The zero-order valence-corrected chi connectivity index (χ0v) is 26.9. The Morgan fingerprint density at radius 3 is 2.15 bits per heavy atom. The number of carboxylic acids is 1. The molecule has 10 nitrogen and oxygen atoms in total. The molecule has 0 saturated carbocycles. The zero-order valence-electron chi connectivity index (χ0n) is 22.1. The Kier molecular flexibility index (Phi) is 15.7. The summed E-state index contributed by atoms with van der Waals surface area (Å²) < 4.78 is 44.9. The van der Waals surface area contributed by atoms with E-state index in [1.165, 1.54) is 0 Å². The second kappa shape index (κ2) is 17.5. The van der Waals surface area contributed by atoms with Crippen LogP contribution in [0.4, 0.5) is 13.2 Å². The summed E-state index contributed by atoms with van der Waals surface area (Å²) in [5.41, 5.74) is 1.26. The van der Waals surface area contributed by atoms with E-state index >= 15 is 0 Å². The van der Waals surface area contributed by atoms with Crippen LogP contribution in [0.1, 0.15) is 23.7 Å². The maximum Gasteiger partial charge on any atom is 0.490 e. The van der Waals surface area contributed by atoms with Crippen molar-refractivity contribution in [1.82, 2.24) is 10.2 Å². The van der Waals surface area contributed by atoms with Crippen molar-refractivity contribution in [3.8, 4) is 11.5 Å². The van der Waals surface area contributed by atoms with Crippen LogP contribution in [0.2, 0.25) is 0 Å². The number of nitrogens with zero attached hydrogens (tertiary/aromatic N) is 2. The molecule has 0 aromatic heterocycles. The Balaban J connectivity index is 0.00000106. The number of halogens is 6. The molecule has 41 heavy (non-hydrogen) atoms. The van der Waals surface area contributed by atoms with Crippen molar-refractivity contribution in [2.24, 2.45) is 5.16 Å². The van der Waals surface area contributed by atoms with E-state index < -0.39 is 24.2 Å². The molecule has 0 saturated heterocycles. The molecule has 2 aromatic rings. The zero-order chi connectivity index (χ0) is 31.3. The quantitative estimate of drug-likeness (QED) is 0.100. The molecular weight excluding hydrogens is 751 g/mol. The number of oxime groups is 1. The van der Waals surface area contributed by atoms with Crippen molar-refractivity contribution in [2.45, 2.75) is 25.1 Å². The molecule has 2 rings (SSSR count). The molecule has 2 aromatic carbocycles. The highest BCUT2D eigenvalue weighted by Crippen LogP contribution is 2.36. The van der Waals surface area contributed by atoms with Crippen LogP contribution in [0.5, 0.6) is 11.5 Å². The van der Waals surface area contributed by atoms with Gasteiger partial charge in [0.15, 0.2) is 0 Å². The molecule has 0 aliphatic carbocycles. The van der Waals surface area contributed by atoms with E-state index in [4.69, 9.17) is 19.4 Å². The van der Waals surface area contributed by atoms with E-state index in [9.17, 15) is 28.3 Å². The summed E-state index contributed by atoms with van der Waals surface area (Å²) in [7, 11) is 5.58. The number of aliphatic hydroxyl groups excluding tert-OH is 1. The minimum absolute atomic E-state index is 0.0634. The summed E-state index contributed by atoms with van der Waals surface area (Å²) in [5.74, 6) is -2.03. The molecule has 0 aliphatic heterocycles. The van der Waals surface area contributed by atoms with Crippen molar-refractivity contribution < 1.29 is 47.7 Å². The molecule has 0 bridgehead atoms. The van der Waals surface area contributed by atoms with E-state index in [1.54, 1.807) is 37.4 Å². The predicted octanol–water partition coefficient (Wildman–Crippen LogP) is 5.17. The molecule has 0 spiro atoms. The highest BCUT2D eigenvalue weighted by Gasteiger charge is 2.38. The first-order chi connectivity index (χ1) is 19.1. The van der Waals surface area contributed by atoms with Crippen LogP contribution in [-0.4, -0.2) is 85.0 Å². The van der Waals surface area contributed by atoms with Gasteiger partial charge < -0.3 is 35.1 Å². The Morgan fingerprint density at radius 2 is 1.68 bits per heavy atom. The lowest BCUT2D eigenvalue weighted by Crippen LogP contribution is -2.35. The number of hydrogen-bond acceptors (Lipinski definition) is 8. The van der Waals surface area contributed by atoms with E-state index in [0.29, 0.717) is 32.6 Å². The van der Waals surface area contributed by atoms with Crippen molar-refractivity contribution in [3.05, 3.63) is 54.9 Å². The van der Waals surface area contributed by atoms with Gasteiger partial charge in [0.2, 0.25) is 0 Å². The number of methoxy groups -OCH3 is 1. The molecule has 0 aliphatic rings. The number of aliphatic hydroxyl groups is 1.